The average molecular weight is 313 g/mol. The lowest BCUT2D eigenvalue weighted by Crippen LogP contribution is -2.40. The number of anilines is 1. The third kappa shape index (κ3) is 2.09. The molecule has 118 valence electrons. The van der Waals surface area contributed by atoms with Crippen molar-refractivity contribution < 1.29 is 14.1 Å². The molecule has 0 bridgehead atoms. The molecule has 4 heterocycles. The molecule has 2 aromatic rings. The van der Waals surface area contributed by atoms with Crippen molar-refractivity contribution in [2.75, 3.05) is 11.4 Å². The molecule has 2 aliphatic heterocycles. The number of aromatic nitrogens is 3. The predicted octanol–water partition coefficient (Wildman–Crippen LogP) is 0.793. The number of rotatable bonds is 2. The Morgan fingerprint density at radius 2 is 2.04 bits per heavy atom. The molecule has 2 aromatic heterocycles. The molecule has 0 N–H and O–H groups in total. The van der Waals surface area contributed by atoms with Crippen LogP contribution in [0.4, 0.5) is 5.69 Å². The molecule has 8 nitrogen and oxygen atoms in total. The Kier molecular flexibility index (Phi) is 3.10. The molecule has 0 saturated carbocycles. The van der Waals surface area contributed by atoms with Crippen LogP contribution in [-0.4, -0.2) is 50.5 Å². The second-order valence-corrected chi connectivity index (χ2v) is 5.78. The number of nitrogens with zero attached hydrogens (tertiary/aromatic N) is 5. The van der Waals surface area contributed by atoms with Gasteiger partial charge in [0.2, 0.25) is 5.91 Å². The number of hydrogen-bond donors (Lipinski definition) is 0. The first-order valence-corrected chi connectivity index (χ1v) is 7.46. The lowest BCUT2D eigenvalue weighted by atomic mass is 10.1. The van der Waals surface area contributed by atoms with Crippen LogP contribution in [0.5, 0.6) is 0 Å². The van der Waals surface area contributed by atoms with E-state index < -0.39 is 0 Å². The maximum Gasteiger partial charge on any atom is 0.259 e. The zero-order valence-corrected chi connectivity index (χ0v) is 12.5. The van der Waals surface area contributed by atoms with Gasteiger partial charge in [-0.2, -0.15) is 0 Å². The highest BCUT2D eigenvalue weighted by Crippen LogP contribution is 2.36. The molecule has 2 atom stereocenters. The van der Waals surface area contributed by atoms with Gasteiger partial charge in [0.15, 0.2) is 0 Å². The van der Waals surface area contributed by atoms with Crippen LogP contribution in [0.1, 0.15) is 29.0 Å². The second kappa shape index (κ2) is 5.15. The molecule has 0 aromatic carbocycles. The van der Waals surface area contributed by atoms with E-state index in [1.165, 1.54) is 12.5 Å². The Hall–Kier alpha value is -2.77. The van der Waals surface area contributed by atoms with E-state index >= 15 is 0 Å². The molecule has 8 heteroatoms. The third-order valence-corrected chi connectivity index (χ3v) is 4.56. The standard InChI is InChI=1S/C15H15N5O3/c1-9-11(7-18-23-9)15(22)19-3-2-12-13(19)4-14(21)20(12)10-5-16-8-17-6-10/h5-8,12-13H,2-4H2,1H3/t12-,13+/m0/s1. The first-order valence-electron chi connectivity index (χ1n) is 7.46. The van der Waals surface area contributed by atoms with Gasteiger partial charge in [0.25, 0.3) is 5.91 Å². The lowest BCUT2D eigenvalue weighted by molar-refractivity contribution is -0.117. The molecule has 0 radical (unpaired) electrons. The fourth-order valence-electron chi connectivity index (χ4n) is 3.51. The van der Waals surface area contributed by atoms with E-state index in [-0.39, 0.29) is 23.9 Å². The van der Waals surface area contributed by atoms with E-state index in [1.54, 1.807) is 29.1 Å². The number of likely N-dealkylation sites (tertiary alicyclic amines) is 1. The van der Waals surface area contributed by atoms with Crippen molar-refractivity contribution in [3.8, 4) is 0 Å². The van der Waals surface area contributed by atoms with Gasteiger partial charge >= 0.3 is 0 Å². The van der Waals surface area contributed by atoms with Gasteiger partial charge in [-0.15, -0.1) is 0 Å². The highest BCUT2D eigenvalue weighted by atomic mass is 16.5. The van der Waals surface area contributed by atoms with Crippen LogP contribution in [0.3, 0.4) is 0 Å². The van der Waals surface area contributed by atoms with Crippen molar-refractivity contribution >= 4 is 17.5 Å². The number of hydrogen-bond acceptors (Lipinski definition) is 6. The molecule has 4 rings (SSSR count). The first-order chi connectivity index (χ1) is 11.2. The maximum absolute atomic E-state index is 12.7. The highest BCUT2D eigenvalue weighted by Gasteiger charge is 2.49. The van der Waals surface area contributed by atoms with Crippen LogP contribution in [0.2, 0.25) is 0 Å². The Balaban J connectivity index is 1.61. The fourth-order valence-corrected chi connectivity index (χ4v) is 3.51. The molecule has 2 amide bonds. The minimum Gasteiger partial charge on any atom is -0.361 e. The molecule has 0 aliphatic carbocycles. The normalized spacial score (nSPS) is 23.4. The summed E-state index contributed by atoms with van der Waals surface area (Å²) in [6.07, 6.45) is 7.17. The van der Waals surface area contributed by atoms with Crippen LogP contribution in [0, 0.1) is 6.92 Å². The van der Waals surface area contributed by atoms with Crippen molar-refractivity contribution in [1.82, 2.24) is 20.0 Å². The smallest absolute Gasteiger partial charge is 0.259 e. The predicted molar refractivity (Wildman–Crippen MR) is 78.6 cm³/mol. The fraction of sp³-hybridized carbons (Fsp3) is 0.400. The summed E-state index contributed by atoms with van der Waals surface area (Å²) in [4.78, 5) is 36.5. The van der Waals surface area contributed by atoms with Gasteiger partial charge in [0.05, 0.1) is 36.4 Å². The minimum absolute atomic E-state index is 0.00524. The Morgan fingerprint density at radius 1 is 1.26 bits per heavy atom. The summed E-state index contributed by atoms with van der Waals surface area (Å²) >= 11 is 0. The molecule has 0 unspecified atom stereocenters. The van der Waals surface area contributed by atoms with Crippen molar-refractivity contribution in [1.29, 1.82) is 0 Å². The number of amides is 2. The Morgan fingerprint density at radius 3 is 2.74 bits per heavy atom. The third-order valence-electron chi connectivity index (χ3n) is 4.56. The molecular formula is C15H15N5O3. The monoisotopic (exact) mass is 313 g/mol. The molecule has 0 spiro atoms. The van der Waals surface area contributed by atoms with E-state index in [0.717, 1.165) is 6.42 Å². The minimum atomic E-state index is -0.135. The van der Waals surface area contributed by atoms with Gasteiger partial charge in [-0.1, -0.05) is 5.16 Å². The lowest BCUT2D eigenvalue weighted by Gasteiger charge is -2.24. The van der Waals surface area contributed by atoms with Crippen molar-refractivity contribution in [3.63, 3.8) is 0 Å². The first kappa shape index (κ1) is 13.9. The molecule has 2 fully saturated rings. The van der Waals surface area contributed by atoms with Gasteiger partial charge in [-0.25, -0.2) is 9.97 Å². The van der Waals surface area contributed by atoms with Gasteiger partial charge < -0.3 is 14.3 Å². The SMILES string of the molecule is Cc1oncc1C(=O)N1CC[C@H]2[C@H]1CC(=O)N2c1cncnc1. The van der Waals surface area contributed by atoms with Crippen LogP contribution >= 0.6 is 0 Å². The van der Waals surface area contributed by atoms with E-state index in [1.807, 2.05) is 0 Å². The van der Waals surface area contributed by atoms with Gasteiger partial charge in [0, 0.05) is 13.0 Å². The van der Waals surface area contributed by atoms with Crippen molar-refractivity contribution in [3.05, 3.63) is 36.2 Å². The number of carbonyl (C=O) groups is 2. The summed E-state index contributed by atoms with van der Waals surface area (Å²) in [5.74, 6) is 0.362. The van der Waals surface area contributed by atoms with Crippen LogP contribution in [0.15, 0.2) is 29.4 Å². The van der Waals surface area contributed by atoms with Crippen LogP contribution < -0.4 is 4.90 Å². The highest BCUT2D eigenvalue weighted by molar-refractivity contribution is 6.00. The summed E-state index contributed by atoms with van der Waals surface area (Å²) in [5.41, 5.74) is 1.14. The number of fused-ring (bicyclic) bond motifs is 1. The largest absolute Gasteiger partial charge is 0.361 e. The van der Waals surface area contributed by atoms with Gasteiger partial charge in [0.1, 0.15) is 17.7 Å². The summed E-state index contributed by atoms with van der Waals surface area (Å²) in [5, 5.41) is 3.66. The maximum atomic E-state index is 12.7. The Bertz CT molecular complexity index is 759. The van der Waals surface area contributed by atoms with Crippen molar-refractivity contribution in [2.45, 2.75) is 31.8 Å². The van der Waals surface area contributed by atoms with Crippen molar-refractivity contribution in [2.24, 2.45) is 0 Å². The molecule has 23 heavy (non-hydrogen) atoms. The van der Waals surface area contributed by atoms with E-state index in [4.69, 9.17) is 4.52 Å². The number of aryl methyl sites for hydroxylation is 1. The van der Waals surface area contributed by atoms with Crippen LogP contribution in [-0.2, 0) is 4.79 Å². The van der Waals surface area contributed by atoms with Crippen LogP contribution in [0.25, 0.3) is 0 Å². The van der Waals surface area contributed by atoms with E-state index in [2.05, 4.69) is 15.1 Å². The summed E-state index contributed by atoms with van der Waals surface area (Å²) < 4.78 is 4.98. The summed E-state index contributed by atoms with van der Waals surface area (Å²) in [6, 6.07) is -0.165. The second-order valence-electron chi connectivity index (χ2n) is 5.78. The molecule has 2 saturated heterocycles. The molecule has 2 aliphatic rings. The zero-order chi connectivity index (χ0) is 16.0. The Labute approximate surface area is 132 Å². The quantitative estimate of drug-likeness (QED) is 0.814. The summed E-state index contributed by atoms with van der Waals surface area (Å²) in [7, 11) is 0. The molecular weight excluding hydrogens is 298 g/mol. The average Bonchev–Trinajstić information content (AvgIpc) is 3.22. The topological polar surface area (TPSA) is 92.4 Å². The number of carbonyl (C=O) groups excluding carboxylic acids is 2. The van der Waals surface area contributed by atoms with Gasteiger partial charge in [-0.05, 0) is 13.3 Å². The van der Waals surface area contributed by atoms with E-state index in [9.17, 15) is 9.59 Å². The zero-order valence-electron chi connectivity index (χ0n) is 12.5. The van der Waals surface area contributed by atoms with Gasteiger partial charge in [-0.3, -0.25) is 9.59 Å². The van der Waals surface area contributed by atoms with E-state index in [0.29, 0.717) is 30.0 Å². The summed E-state index contributed by atoms with van der Waals surface area (Å²) in [6.45, 7) is 2.32.